The van der Waals surface area contributed by atoms with Crippen LogP contribution in [0.25, 0.3) is 0 Å². The van der Waals surface area contributed by atoms with Gasteiger partial charge in [-0.05, 0) is 12.1 Å². The number of halogens is 4. The molecule has 98 valence electrons. The van der Waals surface area contributed by atoms with Crippen molar-refractivity contribution in [1.82, 2.24) is 0 Å². The lowest BCUT2D eigenvalue weighted by Crippen LogP contribution is -2.30. The van der Waals surface area contributed by atoms with Gasteiger partial charge in [0.1, 0.15) is 0 Å². The van der Waals surface area contributed by atoms with Crippen molar-refractivity contribution in [3.8, 4) is 0 Å². The molecule has 0 aliphatic heterocycles. The molecule has 0 unspecified atom stereocenters. The molecule has 0 fully saturated rings. The molecule has 0 aliphatic rings. The van der Waals surface area contributed by atoms with E-state index in [1.54, 1.807) is 0 Å². The fraction of sp³-hybridized carbons (Fsp3) is 0.200. The van der Waals surface area contributed by atoms with E-state index < -0.39 is 35.1 Å². The van der Waals surface area contributed by atoms with Crippen LogP contribution in [0.15, 0.2) is 18.2 Å². The third kappa shape index (κ3) is 2.96. The lowest BCUT2D eigenvalue weighted by atomic mass is 10.2. The van der Waals surface area contributed by atoms with Crippen LogP contribution in [-0.2, 0) is 9.53 Å². The second kappa shape index (κ2) is 5.03. The summed E-state index contributed by atoms with van der Waals surface area (Å²) >= 11 is 0. The topological polar surface area (TPSA) is 55.4 Å². The van der Waals surface area contributed by atoms with Crippen LogP contribution >= 0.6 is 0 Å². The van der Waals surface area contributed by atoms with Gasteiger partial charge in [-0.2, -0.15) is 13.2 Å². The van der Waals surface area contributed by atoms with Crippen LogP contribution in [0.3, 0.4) is 0 Å². The van der Waals surface area contributed by atoms with E-state index in [9.17, 15) is 27.2 Å². The van der Waals surface area contributed by atoms with Crippen molar-refractivity contribution in [1.29, 1.82) is 0 Å². The van der Waals surface area contributed by atoms with Crippen LogP contribution in [0, 0.1) is 5.82 Å². The van der Waals surface area contributed by atoms with Gasteiger partial charge in [0.25, 0.3) is 0 Å². The van der Waals surface area contributed by atoms with Crippen LogP contribution in [0.4, 0.5) is 23.2 Å². The average Bonchev–Trinajstić information content (AvgIpc) is 2.29. The fourth-order valence-electron chi connectivity index (χ4n) is 1.09. The fourth-order valence-corrected chi connectivity index (χ4v) is 1.09. The first-order valence-electron chi connectivity index (χ1n) is 4.52. The van der Waals surface area contributed by atoms with Crippen LogP contribution in [0.2, 0.25) is 0 Å². The maximum atomic E-state index is 13.6. The third-order valence-corrected chi connectivity index (χ3v) is 1.91. The minimum absolute atomic E-state index is 0.572. The number of anilines is 1. The molecule has 0 saturated carbocycles. The lowest BCUT2D eigenvalue weighted by molar-refractivity contribution is -0.167. The molecule has 0 heterocycles. The monoisotopic (exact) mass is 265 g/mol. The molecule has 0 aliphatic carbocycles. The zero-order valence-corrected chi connectivity index (χ0v) is 8.97. The highest BCUT2D eigenvalue weighted by molar-refractivity contribution is 5.97. The van der Waals surface area contributed by atoms with E-state index in [1.807, 2.05) is 0 Å². The van der Waals surface area contributed by atoms with Crippen molar-refractivity contribution in [3.63, 3.8) is 0 Å². The van der Waals surface area contributed by atoms with Crippen molar-refractivity contribution in [2.24, 2.45) is 0 Å². The summed E-state index contributed by atoms with van der Waals surface area (Å²) in [5.74, 6) is -4.68. The Morgan fingerprint density at radius 3 is 2.39 bits per heavy atom. The number of carbonyl (C=O) groups is 2. The van der Waals surface area contributed by atoms with Gasteiger partial charge >= 0.3 is 18.1 Å². The number of nitrogens with one attached hydrogen (secondary N) is 1. The molecular formula is C10H7F4NO3. The number of carbonyl (C=O) groups excluding carboxylic acids is 2. The Hall–Kier alpha value is -2.12. The van der Waals surface area contributed by atoms with Crippen LogP contribution in [-0.4, -0.2) is 25.2 Å². The molecule has 0 saturated heterocycles. The van der Waals surface area contributed by atoms with Crippen LogP contribution in [0.1, 0.15) is 10.4 Å². The Labute approximate surface area is 98.5 Å². The van der Waals surface area contributed by atoms with Gasteiger partial charge in [0.15, 0.2) is 5.82 Å². The predicted molar refractivity (Wildman–Crippen MR) is 52.4 cm³/mol. The molecule has 4 nitrogen and oxygen atoms in total. The van der Waals surface area contributed by atoms with Crippen molar-refractivity contribution >= 4 is 17.6 Å². The second-order valence-electron chi connectivity index (χ2n) is 3.11. The number of esters is 1. The molecule has 18 heavy (non-hydrogen) atoms. The molecule has 8 heteroatoms. The number of hydrogen-bond acceptors (Lipinski definition) is 3. The first kappa shape index (κ1) is 13.9. The maximum absolute atomic E-state index is 13.6. The van der Waals surface area contributed by atoms with Gasteiger partial charge in [-0.1, -0.05) is 6.07 Å². The first-order valence-corrected chi connectivity index (χ1v) is 4.52. The normalized spacial score (nSPS) is 10.9. The van der Waals surface area contributed by atoms with Crippen LogP contribution < -0.4 is 5.32 Å². The molecule has 0 aromatic heterocycles. The van der Waals surface area contributed by atoms with E-state index in [0.717, 1.165) is 25.3 Å². The number of rotatable bonds is 2. The number of amides is 1. The average molecular weight is 265 g/mol. The summed E-state index contributed by atoms with van der Waals surface area (Å²) in [6, 6.07) is 3.02. The quantitative estimate of drug-likeness (QED) is 0.658. The van der Waals surface area contributed by atoms with Gasteiger partial charge in [-0.25, -0.2) is 9.18 Å². The number of hydrogen-bond donors (Lipinski definition) is 1. The SMILES string of the molecule is COC(=O)c1cccc(NC(=O)C(F)(F)F)c1F. The molecule has 0 radical (unpaired) electrons. The molecule has 0 spiro atoms. The van der Waals surface area contributed by atoms with Gasteiger partial charge in [0, 0.05) is 0 Å². The van der Waals surface area contributed by atoms with E-state index in [1.165, 1.54) is 5.32 Å². The summed E-state index contributed by atoms with van der Waals surface area (Å²) in [5.41, 5.74) is -1.32. The Morgan fingerprint density at radius 1 is 1.28 bits per heavy atom. The highest BCUT2D eigenvalue weighted by Crippen LogP contribution is 2.22. The molecule has 1 N–H and O–H groups in total. The Kier molecular flexibility index (Phi) is 3.89. The van der Waals surface area contributed by atoms with Crippen molar-refractivity contribution in [2.45, 2.75) is 6.18 Å². The van der Waals surface area contributed by atoms with E-state index in [0.29, 0.717) is 0 Å². The van der Waals surface area contributed by atoms with E-state index in [2.05, 4.69) is 4.74 Å². The van der Waals surface area contributed by atoms with Gasteiger partial charge < -0.3 is 10.1 Å². The van der Waals surface area contributed by atoms with E-state index in [-0.39, 0.29) is 0 Å². The molecule has 1 aromatic rings. The zero-order chi connectivity index (χ0) is 13.9. The van der Waals surface area contributed by atoms with Crippen molar-refractivity contribution in [3.05, 3.63) is 29.6 Å². The van der Waals surface area contributed by atoms with E-state index in [4.69, 9.17) is 0 Å². The van der Waals surface area contributed by atoms with E-state index >= 15 is 0 Å². The van der Waals surface area contributed by atoms with Crippen LogP contribution in [0.5, 0.6) is 0 Å². The van der Waals surface area contributed by atoms with Gasteiger partial charge in [0.2, 0.25) is 0 Å². The minimum Gasteiger partial charge on any atom is -0.465 e. The molecule has 1 amide bonds. The van der Waals surface area contributed by atoms with Gasteiger partial charge in [-0.3, -0.25) is 4.79 Å². The maximum Gasteiger partial charge on any atom is 0.471 e. The molecule has 1 aromatic carbocycles. The summed E-state index contributed by atoms with van der Waals surface area (Å²) in [6.45, 7) is 0. The highest BCUT2D eigenvalue weighted by atomic mass is 19.4. The largest absolute Gasteiger partial charge is 0.471 e. The number of ether oxygens (including phenoxy) is 1. The summed E-state index contributed by atoms with van der Waals surface area (Å²) < 4.78 is 53.7. The Balaban J connectivity index is 3.05. The zero-order valence-electron chi connectivity index (χ0n) is 8.97. The van der Waals surface area contributed by atoms with Crippen molar-refractivity contribution in [2.75, 3.05) is 12.4 Å². The highest BCUT2D eigenvalue weighted by Gasteiger charge is 2.39. The second-order valence-corrected chi connectivity index (χ2v) is 3.11. The van der Waals surface area contributed by atoms with Gasteiger partial charge in [0.05, 0.1) is 18.4 Å². The Morgan fingerprint density at radius 2 is 1.89 bits per heavy atom. The molecule has 1 rings (SSSR count). The molecular weight excluding hydrogens is 258 g/mol. The predicted octanol–water partition coefficient (Wildman–Crippen LogP) is 2.11. The summed E-state index contributed by atoms with van der Waals surface area (Å²) in [5, 5.41) is 1.32. The Bertz CT molecular complexity index is 485. The van der Waals surface area contributed by atoms with Gasteiger partial charge in [-0.15, -0.1) is 0 Å². The smallest absolute Gasteiger partial charge is 0.465 e. The number of benzene rings is 1. The number of alkyl halides is 3. The van der Waals surface area contributed by atoms with Crippen molar-refractivity contribution < 1.29 is 31.9 Å². The summed E-state index contributed by atoms with van der Waals surface area (Å²) in [4.78, 5) is 21.7. The lowest BCUT2D eigenvalue weighted by Gasteiger charge is -2.10. The summed E-state index contributed by atoms with van der Waals surface area (Å²) in [7, 11) is 0.989. The first-order chi connectivity index (χ1) is 8.27. The number of methoxy groups -OCH3 is 1. The minimum atomic E-state index is -5.15. The molecule has 0 bridgehead atoms. The third-order valence-electron chi connectivity index (χ3n) is 1.91. The standard InChI is InChI=1S/C10H7F4NO3/c1-18-8(16)5-3-2-4-6(7(5)11)15-9(17)10(12,13)14/h2-4H,1H3,(H,15,17). The molecule has 0 atom stereocenters. The summed E-state index contributed by atoms with van der Waals surface area (Å²) in [6.07, 6.45) is -5.15.